The number of hydrogen-bond acceptors (Lipinski definition) is 7. The van der Waals surface area contributed by atoms with Crippen LogP contribution in [-0.4, -0.2) is 75.6 Å². The fourth-order valence-corrected chi connectivity index (χ4v) is 5.10. The van der Waals surface area contributed by atoms with Gasteiger partial charge in [-0.15, -0.1) is 0 Å². The topological polar surface area (TPSA) is 123 Å². The van der Waals surface area contributed by atoms with E-state index >= 15 is 0 Å². The lowest BCUT2D eigenvalue weighted by molar-refractivity contribution is -0.121. The fourth-order valence-electron chi connectivity index (χ4n) is 4.09. The van der Waals surface area contributed by atoms with Gasteiger partial charge in [0, 0.05) is 39.6 Å². The smallest absolute Gasteiger partial charge is 0.274 e. The lowest BCUT2D eigenvalue weighted by atomic mass is 9.84. The van der Waals surface area contributed by atoms with Crippen molar-refractivity contribution >= 4 is 57.5 Å². The number of anilines is 1. The van der Waals surface area contributed by atoms with Gasteiger partial charge in [-0.2, -0.15) is 4.37 Å². The molecule has 2 aromatic rings. The van der Waals surface area contributed by atoms with E-state index in [1.54, 1.807) is 23.8 Å². The van der Waals surface area contributed by atoms with Crippen LogP contribution in [0.25, 0.3) is 0 Å². The van der Waals surface area contributed by atoms with Crippen LogP contribution < -0.4 is 10.6 Å². The summed E-state index contributed by atoms with van der Waals surface area (Å²) in [6, 6.07) is -0.0625. The van der Waals surface area contributed by atoms with Crippen LogP contribution in [0.4, 0.5) is 5.00 Å². The molecule has 0 saturated heterocycles. The highest BCUT2D eigenvalue weighted by atomic mass is 35.5. The third kappa shape index (κ3) is 6.37. The van der Waals surface area contributed by atoms with Crippen molar-refractivity contribution in [2.75, 3.05) is 33.0 Å². The summed E-state index contributed by atoms with van der Waals surface area (Å²) in [4.78, 5) is 48.8. The van der Waals surface area contributed by atoms with E-state index in [2.05, 4.69) is 25.0 Å². The Hall–Kier alpha value is -2.63. The highest BCUT2D eigenvalue weighted by molar-refractivity contribution is 7.11. The molecule has 196 valence electrons. The normalized spacial score (nSPS) is 18.3. The van der Waals surface area contributed by atoms with E-state index in [0.717, 1.165) is 5.57 Å². The number of rotatable bonds is 8. The number of aromatic amines is 1. The van der Waals surface area contributed by atoms with Gasteiger partial charge in [-0.05, 0) is 56.6 Å². The monoisotopic (exact) mass is 555 g/mol. The molecule has 36 heavy (non-hydrogen) atoms. The first kappa shape index (κ1) is 27.9. The zero-order valence-electron chi connectivity index (χ0n) is 20.9. The number of carbonyl (C=O) groups excluding carboxylic acids is 3. The Labute approximate surface area is 224 Å². The van der Waals surface area contributed by atoms with Crippen LogP contribution in [0.2, 0.25) is 5.02 Å². The third-order valence-electron chi connectivity index (χ3n) is 6.29. The van der Waals surface area contributed by atoms with Crippen LogP contribution in [0.5, 0.6) is 0 Å². The molecular formula is C23H31Cl2N7O3S. The minimum atomic E-state index is -0.441. The van der Waals surface area contributed by atoms with Crippen molar-refractivity contribution in [2.24, 2.45) is 5.92 Å². The molecule has 1 saturated carbocycles. The summed E-state index contributed by atoms with van der Waals surface area (Å²) in [6.45, 7) is 3.84. The zero-order valence-corrected chi connectivity index (χ0v) is 23.3. The van der Waals surface area contributed by atoms with Crippen LogP contribution >= 0.6 is 34.7 Å². The first-order chi connectivity index (χ1) is 17.0. The van der Waals surface area contributed by atoms with Gasteiger partial charge in [0.1, 0.15) is 15.9 Å². The molecule has 0 unspecified atom stereocenters. The molecule has 2 heterocycles. The quantitative estimate of drug-likeness (QED) is 0.425. The van der Waals surface area contributed by atoms with E-state index in [9.17, 15) is 14.4 Å². The Kier molecular flexibility index (Phi) is 9.37. The molecule has 0 aliphatic heterocycles. The second-order valence-electron chi connectivity index (χ2n) is 9.10. The summed E-state index contributed by atoms with van der Waals surface area (Å²) in [6.07, 6.45) is 3.92. The summed E-state index contributed by atoms with van der Waals surface area (Å²) >= 11 is 13.5. The molecule has 0 atom stereocenters. The number of nitrogens with zero attached hydrogens (tertiary/aromatic N) is 4. The van der Waals surface area contributed by atoms with Crippen LogP contribution in [-0.2, 0) is 4.79 Å². The van der Waals surface area contributed by atoms with Gasteiger partial charge in [0.25, 0.3) is 11.8 Å². The first-order valence-electron chi connectivity index (χ1n) is 11.5. The molecule has 3 amide bonds. The van der Waals surface area contributed by atoms with Crippen LogP contribution in [0, 0.1) is 12.8 Å². The number of halogens is 2. The lowest BCUT2D eigenvalue weighted by Crippen LogP contribution is -2.42. The minimum absolute atomic E-state index is 0.0606. The molecule has 0 aromatic carbocycles. The number of H-pyrrole nitrogens is 1. The maximum atomic E-state index is 13.2. The first-order valence-corrected chi connectivity index (χ1v) is 13.1. The maximum Gasteiger partial charge on any atom is 0.274 e. The fraction of sp³-hybridized carbons (Fsp3) is 0.522. The molecule has 13 heteroatoms. The molecule has 0 radical (unpaired) electrons. The Bertz CT molecular complexity index is 1150. The molecule has 10 nitrogen and oxygen atoms in total. The molecule has 0 bridgehead atoms. The number of aryl methyl sites for hydroxylation is 1. The average Bonchev–Trinajstić information content (AvgIpc) is 3.48. The lowest BCUT2D eigenvalue weighted by Gasteiger charge is -2.34. The largest absolute Gasteiger partial charge is 0.368 e. The van der Waals surface area contributed by atoms with Crippen molar-refractivity contribution in [3.63, 3.8) is 0 Å². The Morgan fingerprint density at radius 2 is 1.86 bits per heavy atom. The molecular weight excluding hydrogens is 525 g/mol. The molecule has 1 aliphatic carbocycles. The summed E-state index contributed by atoms with van der Waals surface area (Å²) in [7, 11) is 5.33. The molecule has 2 aromatic heterocycles. The average molecular weight is 557 g/mol. The van der Waals surface area contributed by atoms with Crippen LogP contribution in [0.3, 0.4) is 0 Å². The van der Waals surface area contributed by atoms with Crippen molar-refractivity contribution in [3.8, 4) is 0 Å². The summed E-state index contributed by atoms with van der Waals surface area (Å²) in [5.41, 5.74) is 1.64. The number of nitrogens with one attached hydrogen (secondary N) is 3. The Morgan fingerprint density at radius 1 is 1.19 bits per heavy atom. The van der Waals surface area contributed by atoms with E-state index < -0.39 is 5.91 Å². The van der Waals surface area contributed by atoms with Gasteiger partial charge in [0.05, 0.1) is 17.0 Å². The predicted molar refractivity (Wildman–Crippen MR) is 141 cm³/mol. The van der Waals surface area contributed by atoms with Crippen LogP contribution in [0.15, 0.2) is 17.1 Å². The highest BCUT2D eigenvalue weighted by Crippen LogP contribution is 2.33. The number of carbonyl (C=O) groups is 3. The number of aromatic nitrogens is 3. The number of imidazole rings is 1. The van der Waals surface area contributed by atoms with Gasteiger partial charge in [-0.25, -0.2) is 4.98 Å². The van der Waals surface area contributed by atoms with Crippen molar-refractivity contribution in [3.05, 3.63) is 39.2 Å². The van der Waals surface area contributed by atoms with Crippen molar-refractivity contribution in [2.45, 2.75) is 45.6 Å². The third-order valence-corrected chi connectivity index (χ3v) is 8.38. The van der Waals surface area contributed by atoms with Gasteiger partial charge in [-0.1, -0.05) is 23.2 Å². The minimum Gasteiger partial charge on any atom is -0.368 e. The molecule has 3 rings (SSSR count). The van der Waals surface area contributed by atoms with Gasteiger partial charge >= 0.3 is 0 Å². The maximum absolute atomic E-state index is 13.2. The SMILES string of the molecule is CC(CNC(=O)c1[nH]cnc1C(=O)N(C)[C@H]1CC[C@H](C(=O)Nc2snc(C)c2Cl)CC1)=C(Cl)N(C)C. The predicted octanol–water partition coefficient (Wildman–Crippen LogP) is 3.86. The molecule has 3 N–H and O–H groups in total. The molecule has 0 spiro atoms. The number of amides is 3. The van der Waals surface area contributed by atoms with E-state index in [-0.39, 0.29) is 41.7 Å². The van der Waals surface area contributed by atoms with Gasteiger partial charge < -0.3 is 25.4 Å². The van der Waals surface area contributed by atoms with E-state index in [1.165, 1.54) is 17.9 Å². The second-order valence-corrected chi connectivity index (χ2v) is 10.6. The Morgan fingerprint density at radius 3 is 2.44 bits per heavy atom. The second kappa shape index (κ2) is 12.1. The Balaban J connectivity index is 1.57. The van der Waals surface area contributed by atoms with E-state index in [4.69, 9.17) is 23.2 Å². The van der Waals surface area contributed by atoms with E-state index in [1.807, 2.05) is 21.0 Å². The molecule has 1 aliphatic rings. The van der Waals surface area contributed by atoms with Crippen molar-refractivity contribution in [1.29, 1.82) is 0 Å². The van der Waals surface area contributed by atoms with Crippen molar-refractivity contribution in [1.82, 2.24) is 29.5 Å². The van der Waals surface area contributed by atoms with Crippen LogP contribution in [0.1, 0.15) is 59.3 Å². The molecule has 1 fully saturated rings. The van der Waals surface area contributed by atoms with Gasteiger partial charge in [-0.3, -0.25) is 14.4 Å². The van der Waals surface area contributed by atoms with Gasteiger partial charge in [0.15, 0.2) is 5.69 Å². The van der Waals surface area contributed by atoms with E-state index in [0.29, 0.717) is 46.6 Å². The summed E-state index contributed by atoms with van der Waals surface area (Å²) < 4.78 is 4.15. The standard InChI is InChI=1S/C23H31Cl2N7O3S/c1-12(19(25)31(3)4)10-26-21(34)17-18(28-11-27-17)23(35)32(5)15-8-6-14(7-9-15)20(33)29-22-16(24)13(2)30-36-22/h11,14-15H,6-10H2,1-5H3,(H,26,34)(H,27,28)(H,29,33)/t14-,15-. The zero-order chi connectivity index (χ0) is 26.6. The van der Waals surface area contributed by atoms with Crippen molar-refractivity contribution < 1.29 is 14.4 Å². The van der Waals surface area contributed by atoms with Gasteiger partial charge in [0.2, 0.25) is 5.91 Å². The highest BCUT2D eigenvalue weighted by Gasteiger charge is 2.33. The summed E-state index contributed by atoms with van der Waals surface area (Å²) in [5.74, 6) is -1.04. The summed E-state index contributed by atoms with van der Waals surface area (Å²) in [5, 5.41) is 7.21. The number of hydrogen-bond donors (Lipinski definition) is 3.